The van der Waals surface area contributed by atoms with E-state index in [0.29, 0.717) is 24.6 Å². The van der Waals surface area contributed by atoms with Crippen LogP contribution in [0.3, 0.4) is 0 Å². The van der Waals surface area contributed by atoms with E-state index in [1.807, 2.05) is 0 Å². The molecular formula is C20H19FN4O3. The van der Waals surface area contributed by atoms with Gasteiger partial charge in [0.2, 0.25) is 11.8 Å². The van der Waals surface area contributed by atoms with E-state index >= 15 is 0 Å². The number of hydrogen-bond acceptors (Lipinski definition) is 5. The third-order valence-corrected chi connectivity index (χ3v) is 4.81. The lowest BCUT2D eigenvalue weighted by Gasteiger charge is -2.22. The minimum absolute atomic E-state index is 0.0632. The third kappa shape index (κ3) is 3.85. The molecule has 1 aliphatic rings. The van der Waals surface area contributed by atoms with Crippen molar-refractivity contribution in [3.63, 3.8) is 0 Å². The van der Waals surface area contributed by atoms with E-state index in [-0.39, 0.29) is 24.3 Å². The Morgan fingerprint density at radius 2 is 2.07 bits per heavy atom. The molecule has 3 aromatic rings. The molecule has 144 valence electrons. The van der Waals surface area contributed by atoms with E-state index in [9.17, 15) is 14.0 Å². The van der Waals surface area contributed by atoms with Crippen LogP contribution in [0.15, 0.2) is 58.1 Å². The molecule has 7 nitrogen and oxygen atoms in total. The lowest BCUT2D eigenvalue weighted by atomic mass is 10.1. The van der Waals surface area contributed by atoms with Crippen molar-refractivity contribution in [3.8, 4) is 0 Å². The van der Waals surface area contributed by atoms with E-state index in [4.69, 9.17) is 4.42 Å². The van der Waals surface area contributed by atoms with Crippen molar-refractivity contribution in [3.05, 3.63) is 82.4 Å². The minimum Gasteiger partial charge on any atom is -0.443 e. The standard InChI is InChI=1S/C20H19FN4O3/c21-15-6-4-14(5-7-15)11-16-12-23-19(28-16)17-3-1-10-25(17)18(26)13-24-9-2-8-22-20(24)27/h2,4-9,12,17H,1,3,10-11,13H2. The molecule has 1 fully saturated rings. The highest BCUT2D eigenvalue weighted by molar-refractivity contribution is 5.76. The molecule has 28 heavy (non-hydrogen) atoms. The first-order valence-electron chi connectivity index (χ1n) is 9.10. The fourth-order valence-corrected chi connectivity index (χ4v) is 3.43. The van der Waals surface area contributed by atoms with Gasteiger partial charge >= 0.3 is 5.69 Å². The molecule has 0 bridgehead atoms. The van der Waals surface area contributed by atoms with Crippen LogP contribution in [-0.4, -0.2) is 31.9 Å². The normalized spacial score (nSPS) is 16.5. The van der Waals surface area contributed by atoms with Crippen molar-refractivity contribution in [1.29, 1.82) is 0 Å². The first kappa shape index (κ1) is 18.1. The fourth-order valence-electron chi connectivity index (χ4n) is 3.43. The Kier molecular flexibility index (Phi) is 5.01. The van der Waals surface area contributed by atoms with Crippen LogP contribution in [0.2, 0.25) is 0 Å². The molecule has 8 heteroatoms. The molecule has 2 aromatic heterocycles. The van der Waals surface area contributed by atoms with Gasteiger partial charge in [0, 0.05) is 25.4 Å². The number of nitrogens with zero attached hydrogens (tertiary/aromatic N) is 4. The number of halogens is 1. The Labute approximate surface area is 160 Å². The highest BCUT2D eigenvalue weighted by atomic mass is 19.1. The van der Waals surface area contributed by atoms with Crippen molar-refractivity contribution >= 4 is 5.91 Å². The third-order valence-electron chi connectivity index (χ3n) is 4.81. The highest BCUT2D eigenvalue weighted by Crippen LogP contribution is 2.32. The summed E-state index contributed by atoms with van der Waals surface area (Å²) in [7, 11) is 0. The first-order valence-corrected chi connectivity index (χ1v) is 9.10. The van der Waals surface area contributed by atoms with Gasteiger partial charge in [-0.25, -0.2) is 19.2 Å². The molecule has 1 saturated heterocycles. The van der Waals surface area contributed by atoms with Crippen molar-refractivity contribution in [1.82, 2.24) is 19.4 Å². The van der Waals surface area contributed by atoms with Gasteiger partial charge in [-0.1, -0.05) is 12.1 Å². The predicted octanol–water partition coefficient (Wildman–Crippen LogP) is 2.32. The summed E-state index contributed by atoms with van der Waals surface area (Å²) >= 11 is 0. The molecule has 1 aromatic carbocycles. The van der Waals surface area contributed by atoms with Crippen LogP contribution in [0, 0.1) is 5.82 Å². The quantitative estimate of drug-likeness (QED) is 0.677. The van der Waals surface area contributed by atoms with Gasteiger partial charge in [-0.3, -0.25) is 9.36 Å². The van der Waals surface area contributed by atoms with E-state index in [0.717, 1.165) is 18.4 Å². The number of likely N-dealkylation sites (tertiary alicyclic amines) is 1. The van der Waals surface area contributed by atoms with E-state index in [1.54, 1.807) is 35.5 Å². The van der Waals surface area contributed by atoms with Gasteiger partial charge in [0.15, 0.2) is 0 Å². The van der Waals surface area contributed by atoms with Crippen LogP contribution < -0.4 is 5.69 Å². The largest absolute Gasteiger partial charge is 0.443 e. The predicted molar refractivity (Wildman–Crippen MR) is 97.9 cm³/mol. The maximum atomic E-state index is 13.0. The Hall–Kier alpha value is -3.29. The Bertz CT molecular complexity index is 1030. The van der Waals surface area contributed by atoms with Crippen LogP contribution in [-0.2, 0) is 17.8 Å². The second kappa shape index (κ2) is 7.75. The molecule has 3 heterocycles. The van der Waals surface area contributed by atoms with Crippen molar-refractivity contribution in [2.45, 2.75) is 31.8 Å². The number of carbonyl (C=O) groups is 1. The zero-order chi connectivity index (χ0) is 19.5. The van der Waals surface area contributed by atoms with Gasteiger partial charge in [0.25, 0.3) is 0 Å². The van der Waals surface area contributed by atoms with Gasteiger partial charge in [-0.15, -0.1) is 0 Å². The number of benzene rings is 1. The lowest BCUT2D eigenvalue weighted by molar-refractivity contribution is -0.133. The molecule has 0 radical (unpaired) electrons. The summed E-state index contributed by atoms with van der Waals surface area (Å²) in [5, 5.41) is 0. The SMILES string of the molecule is O=C(Cn1cccnc1=O)N1CCCC1c1ncc(Cc2ccc(F)cc2)o1. The van der Waals surface area contributed by atoms with E-state index < -0.39 is 5.69 Å². The van der Waals surface area contributed by atoms with Crippen LogP contribution in [0.1, 0.15) is 36.1 Å². The van der Waals surface area contributed by atoms with Crippen LogP contribution in [0.4, 0.5) is 4.39 Å². The molecule has 0 saturated carbocycles. The summed E-state index contributed by atoms with van der Waals surface area (Å²) in [6.45, 7) is 0.528. The Morgan fingerprint density at radius 3 is 2.86 bits per heavy atom. The Balaban J connectivity index is 1.47. The molecule has 1 atom stereocenters. The number of oxazole rings is 1. The van der Waals surface area contributed by atoms with Gasteiger partial charge in [-0.2, -0.15) is 0 Å². The molecule has 0 spiro atoms. The number of carbonyl (C=O) groups excluding carboxylic acids is 1. The van der Waals surface area contributed by atoms with Crippen molar-refractivity contribution in [2.75, 3.05) is 6.54 Å². The monoisotopic (exact) mass is 382 g/mol. The molecular weight excluding hydrogens is 363 g/mol. The zero-order valence-corrected chi connectivity index (χ0v) is 15.1. The summed E-state index contributed by atoms with van der Waals surface area (Å²) < 4.78 is 20.2. The molecule has 4 rings (SSSR count). The van der Waals surface area contributed by atoms with Gasteiger partial charge < -0.3 is 9.32 Å². The van der Waals surface area contributed by atoms with E-state index in [2.05, 4.69) is 9.97 Å². The van der Waals surface area contributed by atoms with Gasteiger partial charge in [-0.05, 0) is 36.6 Å². The van der Waals surface area contributed by atoms with Crippen molar-refractivity contribution in [2.24, 2.45) is 0 Å². The summed E-state index contributed by atoms with van der Waals surface area (Å²) in [4.78, 5) is 34.2. The highest BCUT2D eigenvalue weighted by Gasteiger charge is 2.33. The van der Waals surface area contributed by atoms with Crippen LogP contribution >= 0.6 is 0 Å². The number of aromatic nitrogens is 3. The van der Waals surface area contributed by atoms with Gasteiger partial charge in [0.1, 0.15) is 24.2 Å². The lowest BCUT2D eigenvalue weighted by Crippen LogP contribution is -2.36. The smallest absolute Gasteiger partial charge is 0.347 e. The molecule has 0 N–H and O–H groups in total. The minimum atomic E-state index is -0.454. The van der Waals surface area contributed by atoms with Gasteiger partial charge in [0.05, 0.1) is 6.20 Å². The zero-order valence-electron chi connectivity index (χ0n) is 15.1. The average Bonchev–Trinajstić information content (AvgIpc) is 3.34. The first-order chi connectivity index (χ1) is 13.6. The average molecular weight is 382 g/mol. The summed E-state index contributed by atoms with van der Waals surface area (Å²) in [6.07, 6.45) is 6.68. The maximum Gasteiger partial charge on any atom is 0.347 e. The molecule has 1 aliphatic heterocycles. The summed E-state index contributed by atoms with van der Waals surface area (Å²) in [5.74, 6) is 0.691. The second-order valence-electron chi connectivity index (χ2n) is 6.74. The summed E-state index contributed by atoms with van der Waals surface area (Å²) in [5.41, 5.74) is 0.462. The second-order valence-corrected chi connectivity index (χ2v) is 6.74. The molecule has 1 amide bonds. The van der Waals surface area contributed by atoms with E-state index in [1.165, 1.54) is 22.9 Å². The number of amides is 1. The summed E-state index contributed by atoms with van der Waals surface area (Å²) in [6, 6.07) is 7.59. The fraction of sp³-hybridized carbons (Fsp3) is 0.300. The molecule has 0 aliphatic carbocycles. The number of rotatable bonds is 5. The maximum absolute atomic E-state index is 13.0. The number of hydrogen-bond donors (Lipinski definition) is 0. The topological polar surface area (TPSA) is 81.2 Å². The van der Waals surface area contributed by atoms with Crippen LogP contribution in [0.25, 0.3) is 0 Å². The van der Waals surface area contributed by atoms with Crippen LogP contribution in [0.5, 0.6) is 0 Å². The van der Waals surface area contributed by atoms with Crippen molar-refractivity contribution < 1.29 is 13.6 Å². The Morgan fingerprint density at radius 1 is 1.25 bits per heavy atom. The molecule has 1 unspecified atom stereocenters.